The van der Waals surface area contributed by atoms with Gasteiger partial charge in [-0.2, -0.15) is 0 Å². The fraction of sp³-hybridized carbons (Fsp3) is 0.538. The largest absolute Gasteiger partial charge is 0.477 e. The molecule has 0 aliphatic heterocycles. The molecule has 0 aromatic carbocycles. The van der Waals surface area contributed by atoms with E-state index in [1.165, 1.54) is 42.0 Å². The van der Waals surface area contributed by atoms with E-state index in [0.717, 1.165) is 12.8 Å². The monoisotopic (exact) mass is 235 g/mol. The zero-order valence-electron chi connectivity index (χ0n) is 9.76. The van der Waals surface area contributed by atoms with Crippen molar-refractivity contribution in [2.24, 2.45) is 5.92 Å². The molecule has 0 radical (unpaired) electrons. The van der Waals surface area contributed by atoms with Gasteiger partial charge in [-0.3, -0.25) is 4.79 Å². The van der Waals surface area contributed by atoms with Gasteiger partial charge in [-0.25, -0.2) is 4.79 Å². The van der Waals surface area contributed by atoms with Gasteiger partial charge in [-0.15, -0.1) is 0 Å². The molecule has 0 amide bonds. The quantitative estimate of drug-likeness (QED) is 0.873. The van der Waals surface area contributed by atoms with Gasteiger partial charge in [0.1, 0.15) is 5.69 Å². The van der Waals surface area contributed by atoms with Crippen LogP contribution in [-0.4, -0.2) is 15.6 Å². The molecular formula is C13H17NO3. The predicted octanol–water partition coefficient (Wildman–Crippen LogP) is 2.13. The summed E-state index contributed by atoms with van der Waals surface area (Å²) in [6.07, 6.45) is 5.83. The first kappa shape index (κ1) is 11.9. The Hall–Kier alpha value is -1.58. The average Bonchev–Trinajstić information content (AvgIpc) is 2.33. The van der Waals surface area contributed by atoms with Gasteiger partial charge in [-0.05, 0) is 24.8 Å². The number of carboxylic acid groups (broad SMARTS) is 1. The molecule has 0 bridgehead atoms. The lowest BCUT2D eigenvalue weighted by Gasteiger charge is -2.23. The summed E-state index contributed by atoms with van der Waals surface area (Å²) in [6.45, 7) is 0.543. The smallest absolute Gasteiger partial charge is 0.352 e. The normalized spacial score (nSPS) is 16.9. The lowest BCUT2D eigenvalue weighted by atomic mass is 9.89. The molecule has 1 aromatic heterocycles. The Morgan fingerprint density at radius 3 is 2.65 bits per heavy atom. The highest BCUT2D eigenvalue weighted by molar-refractivity contribution is 5.85. The second-order valence-corrected chi connectivity index (χ2v) is 4.67. The molecule has 1 saturated carbocycles. The highest BCUT2D eigenvalue weighted by Gasteiger charge is 2.17. The molecule has 17 heavy (non-hydrogen) atoms. The van der Waals surface area contributed by atoms with Gasteiger partial charge in [0.15, 0.2) is 0 Å². The standard InChI is InChI=1S/C13H17NO3/c15-12-8-4-7-11(13(16)17)14(12)9-10-5-2-1-3-6-10/h4,7-8,10H,1-3,5-6,9H2,(H,16,17). The van der Waals surface area contributed by atoms with Crippen LogP contribution in [0.5, 0.6) is 0 Å². The fourth-order valence-electron chi connectivity index (χ4n) is 2.52. The summed E-state index contributed by atoms with van der Waals surface area (Å²) in [5.41, 5.74) is -0.112. The second-order valence-electron chi connectivity index (χ2n) is 4.67. The highest BCUT2D eigenvalue weighted by atomic mass is 16.4. The molecule has 1 aliphatic rings. The van der Waals surface area contributed by atoms with E-state index >= 15 is 0 Å². The SMILES string of the molecule is O=C(O)c1cccc(=O)n1CC1CCCCC1. The first-order chi connectivity index (χ1) is 8.18. The number of nitrogens with zero attached hydrogens (tertiary/aromatic N) is 1. The van der Waals surface area contributed by atoms with Crippen molar-refractivity contribution in [3.8, 4) is 0 Å². The van der Waals surface area contributed by atoms with Crippen molar-refractivity contribution in [2.45, 2.75) is 38.6 Å². The van der Waals surface area contributed by atoms with E-state index in [1.54, 1.807) is 0 Å². The number of carbonyl (C=O) groups is 1. The van der Waals surface area contributed by atoms with E-state index in [9.17, 15) is 9.59 Å². The van der Waals surface area contributed by atoms with Crippen LogP contribution in [0, 0.1) is 5.92 Å². The molecule has 1 heterocycles. The van der Waals surface area contributed by atoms with E-state index in [1.807, 2.05) is 0 Å². The van der Waals surface area contributed by atoms with Gasteiger partial charge >= 0.3 is 5.97 Å². The van der Waals surface area contributed by atoms with Gasteiger partial charge in [-0.1, -0.05) is 25.3 Å². The first-order valence-electron chi connectivity index (χ1n) is 6.11. The molecule has 1 aliphatic carbocycles. The van der Waals surface area contributed by atoms with Crippen LogP contribution in [0.25, 0.3) is 0 Å². The summed E-state index contributed by atoms with van der Waals surface area (Å²) in [5.74, 6) is -0.583. The highest BCUT2D eigenvalue weighted by Crippen LogP contribution is 2.24. The lowest BCUT2D eigenvalue weighted by molar-refractivity contribution is 0.0681. The van der Waals surface area contributed by atoms with Crippen LogP contribution in [0.3, 0.4) is 0 Å². The third-order valence-electron chi connectivity index (χ3n) is 3.43. The fourth-order valence-corrected chi connectivity index (χ4v) is 2.52. The lowest BCUT2D eigenvalue weighted by Crippen LogP contribution is -2.28. The number of pyridine rings is 1. The Morgan fingerprint density at radius 2 is 2.00 bits per heavy atom. The summed E-state index contributed by atoms with van der Waals surface area (Å²) in [5, 5.41) is 9.06. The minimum absolute atomic E-state index is 0.100. The molecule has 0 spiro atoms. The van der Waals surface area contributed by atoms with Gasteiger partial charge in [0.25, 0.3) is 5.56 Å². The minimum atomic E-state index is -1.03. The maximum Gasteiger partial charge on any atom is 0.352 e. The zero-order chi connectivity index (χ0) is 12.3. The molecule has 92 valence electrons. The van der Waals surface area contributed by atoms with E-state index in [0.29, 0.717) is 12.5 Å². The molecule has 2 rings (SSSR count). The maximum absolute atomic E-state index is 11.7. The molecule has 1 fully saturated rings. The average molecular weight is 235 g/mol. The van der Waals surface area contributed by atoms with Crippen molar-refractivity contribution in [2.75, 3.05) is 0 Å². The van der Waals surface area contributed by atoms with Crippen molar-refractivity contribution in [3.63, 3.8) is 0 Å². The van der Waals surface area contributed by atoms with Gasteiger partial charge in [0.05, 0.1) is 0 Å². The molecular weight excluding hydrogens is 218 g/mol. The third-order valence-corrected chi connectivity index (χ3v) is 3.43. The van der Waals surface area contributed by atoms with Crippen molar-refractivity contribution < 1.29 is 9.90 Å². The van der Waals surface area contributed by atoms with Gasteiger partial charge in [0.2, 0.25) is 0 Å². The number of carboxylic acids is 1. The molecule has 0 saturated heterocycles. The summed E-state index contributed by atoms with van der Waals surface area (Å²) in [4.78, 5) is 22.8. The molecule has 1 aromatic rings. The maximum atomic E-state index is 11.7. The van der Waals surface area contributed by atoms with E-state index < -0.39 is 5.97 Å². The number of aromatic nitrogens is 1. The van der Waals surface area contributed by atoms with Crippen molar-refractivity contribution in [1.29, 1.82) is 0 Å². The van der Waals surface area contributed by atoms with E-state index in [2.05, 4.69) is 0 Å². The summed E-state index contributed by atoms with van der Waals surface area (Å²) >= 11 is 0. The second kappa shape index (κ2) is 5.17. The van der Waals surface area contributed by atoms with Crippen LogP contribution >= 0.6 is 0 Å². The predicted molar refractivity (Wildman–Crippen MR) is 64.2 cm³/mol. The van der Waals surface area contributed by atoms with Crippen molar-refractivity contribution >= 4 is 5.97 Å². The van der Waals surface area contributed by atoms with Crippen LogP contribution in [0.4, 0.5) is 0 Å². The van der Waals surface area contributed by atoms with E-state index in [-0.39, 0.29) is 11.3 Å². The van der Waals surface area contributed by atoms with E-state index in [4.69, 9.17) is 5.11 Å². The Labute approximate surface area is 99.9 Å². The Bertz CT molecular complexity index is 458. The van der Waals surface area contributed by atoms with Gasteiger partial charge in [0, 0.05) is 12.6 Å². The number of rotatable bonds is 3. The summed E-state index contributed by atoms with van der Waals surface area (Å²) in [6, 6.07) is 4.42. The molecule has 0 atom stereocenters. The number of hydrogen-bond donors (Lipinski definition) is 1. The van der Waals surface area contributed by atoms with Crippen molar-refractivity contribution in [3.05, 3.63) is 34.2 Å². The number of aromatic carboxylic acids is 1. The summed E-state index contributed by atoms with van der Waals surface area (Å²) in [7, 11) is 0. The van der Waals surface area contributed by atoms with Crippen LogP contribution in [0.15, 0.2) is 23.0 Å². The summed E-state index contributed by atoms with van der Waals surface area (Å²) < 4.78 is 1.40. The first-order valence-corrected chi connectivity index (χ1v) is 6.11. The van der Waals surface area contributed by atoms with Crippen LogP contribution in [0.2, 0.25) is 0 Å². The van der Waals surface area contributed by atoms with Gasteiger partial charge < -0.3 is 9.67 Å². The zero-order valence-corrected chi connectivity index (χ0v) is 9.76. The molecule has 1 N–H and O–H groups in total. The topological polar surface area (TPSA) is 59.3 Å². The Kier molecular flexibility index (Phi) is 3.61. The van der Waals surface area contributed by atoms with Crippen LogP contribution < -0.4 is 5.56 Å². The molecule has 4 heteroatoms. The minimum Gasteiger partial charge on any atom is -0.477 e. The number of hydrogen-bond acceptors (Lipinski definition) is 2. The van der Waals surface area contributed by atoms with Crippen LogP contribution in [-0.2, 0) is 6.54 Å². The molecule has 4 nitrogen and oxygen atoms in total. The Morgan fingerprint density at radius 1 is 1.29 bits per heavy atom. The molecule has 0 unspecified atom stereocenters. The Balaban J connectivity index is 2.24. The van der Waals surface area contributed by atoms with Crippen LogP contribution in [0.1, 0.15) is 42.6 Å². The third kappa shape index (κ3) is 2.75. The van der Waals surface area contributed by atoms with Crippen molar-refractivity contribution in [1.82, 2.24) is 4.57 Å².